The molecule has 1 aromatic rings. The lowest BCUT2D eigenvalue weighted by atomic mass is 10.0. The van der Waals surface area contributed by atoms with Gasteiger partial charge in [0.2, 0.25) is 5.91 Å². The maximum absolute atomic E-state index is 11.8. The highest BCUT2D eigenvalue weighted by Crippen LogP contribution is 2.06. The van der Waals surface area contributed by atoms with Gasteiger partial charge in [-0.05, 0) is 32.5 Å². The van der Waals surface area contributed by atoms with E-state index < -0.39 is 5.54 Å². The van der Waals surface area contributed by atoms with Gasteiger partial charge in [0.25, 0.3) is 0 Å². The third kappa shape index (κ3) is 3.28. The summed E-state index contributed by atoms with van der Waals surface area (Å²) in [7, 11) is 0. The number of hydrogen-bond donors (Lipinski definition) is 2. The zero-order valence-electron chi connectivity index (χ0n) is 9.24. The van der Waals surface area contributed by atoms with Gasteiger partial charge in [0, 0.05) is 6.20 Å². The maximum atomic E-state index is 11.8. The van der Waals surface area contributed by atoms with E-state index in [2.05, 4.69) is 20.8 Å². The van der Waals surface area contributed by atoms with Crippen molar-refractivity contribution in [2.75, 3.05) is 11.9 Å². The molecule has 1 amide bonds. The number of carbonyl (C=O) groups is 1. The van der Waals surface area contributed by atoms with Crippen LogP contribution in [0.4, 0.5) is 5.82 Å². The molecular formula is C10H16N4O. The molecule has 0 unspecified atom stereocenters. The van der Waals surface area contributed by atoms with Gasteiger partial charge in [0.1, 0.15) is 0 Å². The average molecular weight is 208 g/mol. The Kier molecular flexibility index (Phi) is 3.74. The molecule has 0 atom stereocenters. The summed E-state index contributed by atoms with van der Waals surface area (Å²) in [4.78, 5) is 11.8. The van der Waals surface area contributed by atoms with E-state index in [1.807, 2.05) is 20.8 Å². The largest absolute Gasteiger partial charge is 0.308 e. The van der Waals surface area contributed by atoms with Gasteiger partial charge < -0.3 is 10.6 Å². The van der Waals surface area contributed by atoms with Gasteiger partial charge in [-0.25, -0.2) is 0 Å². The Morgan fingerprint density at radius 2 is 2.27 bits per heavy atom. The summed E-state index contributed by atoms with van der Waals surface area (Å²) in [6.07, 6.45) is 1.56. The zero-order valence-corrected chi connectivity index (χ0v) is 9.24. The molecule has 5 heteroatoms. The molecule has 0 saturated heterocycles. The van der Waals surface area contributed by atoms with Crippen molar-refractivity contribution in [3.8, 4) is 0 Å². The lowest BCUT2D eigenvalue weighted by Crippen LogP contribution is -2.49. The first-order valence-corrected chi connectivity index (χ1v) is 4.90. The fourth-order valence-electron chi connectivity index (χ4n) is 1.16. The Morgan fingerprint density at radius 3 is 2.80 bits per heavy atom. The third-order valence-electron chi connectivity index (χ3n) is 2.00. The van der Waals surface area contributed by atoms with Crippen LogP contribution in [0.15, 0.2) is 18.3 Å². The van der Waals surface area contributed by atoms with Crippen molar-refractivity contribution in [3.63, 3.8) is 0 Å². The topological polar surface area (TPSA) is 66.9 Å². The Balaban J connectivity index is 2.63. The number of anilines is 1. The number of carbonyl (C=O) groups excluding carboxylic acids is 1. The highest BCUT2D eigenvalue weighted by atomic mass is 16.2. The second-order valence-electron chi connectivity index (χ2n) is 3.72. The molecule has 0 aliphatic rings. The lowest BCUT2D eigenvalue weighted by molar-refractivity contribution is -0.121. The molecule has 0 radical (unpaired) electrons. The highest BCUT2D eigenvalue weighted by molar-refractivity contribution is 5.96. The second kappa shape index (κ2) is 4.84. The van der Waals surface area contributed by atoms with Crippen LogP contribution in [0.1, 0.15) is 20.8 Å². The predicted molar refractivity (Wildman–Crippen MR) is 58.4 cm³/mol. The zero-order chi connectivity index (χ0) is 11.3. The lowest BCUT2D eigenvalue weighted by Gasteiger charge is -2.23. The summed E-state index contributed by atoms with van der Waals surface area (Å²) in [5, 5.41) is 13.2. The minimum atomic E-state index is -0.605. The summed E-state index contributed by atoms with van der Waals surface area (Å²) in [6.45, 7) is 6.34. The average Bonchev–Trinajstić information content (AvgIpc) is 2.19. The first-order chi connectivity index (χ1) is 7.06. The number of aromatic nitrogens is 2. The maximum Gasteiger partial charge on any atom is 0.245 e. The number of nitrogens with one attached hydrogen (secondary N) is 2. The minimum absolute atomic E-state index is 0.121. The van der Waals surface area contributed by atoms with E-state index in [4.69, 9.17) is 0 Å². The van der Waals surface area contributed by atoms with Crippen molar-refractivity contribution < 1.29 is 4.79 Å². The quantitative estimate of drug-likeness (QED) is 0.768. The van der Waals surface area contributed by atoms with Crippen LogP contribution < -0.4 is 10.6 Å². The van der Waals surface area contributed by atoms with Gasteiger partial charge in [0.15, 0.2) is 5.82 Å². The van der Waals surface area contributed by atoms with E-state index in [9.17, 15) is 4.79 Å². The molecular weight excluding hydrogens is 192 g/mol. The molecule has 2 N–H and O–H groups in total. The van der Waals surface area contributed by atoms with Crippen LogP contribution in [0.2, 0.25) is 0 Å². The molecule has 0 saturated carbocycles. The molecule has 0 spiro atoms. The summed E-state index contributed by atoms with van der Waals surface area (Å²) < 4.78 is 0. The van der Waals surface area contributed by atoms with E-state index in [-0.39, 0.29) is 5.91 Å². The molecule has 1 heterocycles. The van der Waals surface area contributed by atoms with Gasteiger partial charge in [0.05, 0.1) is 5.54 Å². The fraction of sp³-hybridized carbons (Fsp3) is 0.500. The van der Waals surface area contributed by atoms with Gasteiger partial charge in [-0.3, -0.25) is 4.79 Å². The van der Waals surface area contributed by atoms with E-state index in [1.165, 1.54) is 0 Å². The van der Waals surface area contributed by atoms with Crippen LogP contribution in [-0.2, 0) is 4.79 Å². The van der Waals surface area contributed by atoms with Crippen LogP contribution in [-0.4, -0.2) is 28.2 Å². The molecule has 0 aliphatic heterocycles. The van der Waals surface area contributed by atoms with E-state index in [0.29, 0.717) is 5.82 Å². The molecule has 1 rings (SSSR count). The predicted octanol–water partition coefficient (Wildman–Crippen LogP) is 0.803. The summed E-state index contributed by atoms with van der Waals surface area (Å²) >= 11 is 0. The van der Waals surface area contributed by atoms with Crippen molar-refractivity contribution in [2.45, 2.75) is 26.3 Å². The number of amides is 1. The Morgan fingerprint density at radius 1 is 1.53 bits per heavy atom. The number of rotatable bonds is 4. The smallest absolute Gasteiger partial charge is 0.245 e. The van der Waals surface area contributed by atoms with Crippen LogP contribution in [0, 0.1) is 0 Å². The Bertz CT molecular complexity index is 323. The molecule has 1 aromatic heterocycles. The first-order valence-electron chi connectivity index (χ1n) is 4.90. The normalized spacial score (nSPS) is 11.1. The second-order valence-corrected chi connectivity index (χ2v) is 3.72. The number of hydrogen-bond acceptors (Lipinski definition) is 4. The van der Waals surface area contributed by atoms with Crippen molar-refractivity contribution in [3.05, 3.63) is 18.3 Å². The molecule has 0 aromatic carbocycles. The highest BCUT2D eigenvalue weighted by Gasteiger charge is 2.26. The van der Waals surface area contributed by atoms with E-state index in [1.54, 1.807) is 18.3 Å². The molecule has 15 heavy (non-hydrogen) atoms. The Labute approximate surface area is 89.3 Å². The standard InChI is InChI=1S/C10H16N4O/c1-4-11-10(2,3)9(15)13-8-6-5-7-12-14-8/h5-7,11H,4H2,1-3H3,(H,13,14,15). The van der Waals surface area contributed by atoms with Crippen molar-refractivity contribution in [1.29, 1.82) is 0 Å². The van der Waals surface area contributed by atoms with Gasteiger partial charge in [-0.2, -0.15) is 5.10 Å². The molecule has 5 nitrogen and oxygen atoms in total. The van der Waals surface area contributed by atoms with E-state index in [0.717, 1.165) is 6.54 Å². The van der Waals surface area contributed by atoms with Crippen molar-refractivity contribution in [1.82, 2.24) is 15.5 Å². The van der Waals surface area contributed by atoms with Gasteiger partial charge in [-0.15, -0.1) is 5.10 Å². The summed E-state index contributed by atoms with van der Waals surface area (Å²) in [5.74, 6) is 0.346. The van der Waals surface area contributed by atoms with Crippen LogP contribution in [0.3, 0.4) is 0 Å². The van der Waals surface area contributed by atoms with Crippen molar-refractivity contribution >= 4 is 11.7 Å². The van der Waals surface area contributed by atoms with E-state index >= 15 is 0 Å². The molecule has 0 aliphatic carbocycles. The first kappa shape index (κ1) is 11.6. The van der Waals surface area contributed by atoms with Crippen LogP contribution >= 0.6 is 0 Å². The van der Waals surface area contributed by atoms with Crippen molar-refractivity contribution in [2.24, 2.45) is 0 Å². The number of likely N-dealkylation sites (N-methyl/N-ethyl adjacent to an activating group) is 1. The SMILES string of the molecule is CCNC(C)(C)C(=O)Nc1cccnn1. The monoisotopic (exact) mass is 208 g/mol. The minimum Gasteiger partial charge on any atom is -0.308 e. The fourth-order valence-corrected chi connectivity index (χ4v) is 1.16. The number of nitrogens with zero attached hydrogens (tertiary/aromatic N) is 2. The van der Waals surface area contributed by atoms with Gasteiger partial charge in [-0.1, -0.05) is 6.92 Å². The molecule has 0 fully saturated rings. The molecule has 0 bridgehead atoms. The van der Waals surface area contributed by atoms with Gasteiger partial charge >= 0.3 is 0 Å². The van der Waals surface area contributed by atoms with Crippen LogP contribution in [0.5, 0.6) is 0 Å². The van der Waals surface area contributed by atoms with Crippen LogP contribution in [0.25, 0.3) is 0 Å². The summed E-state index contributed by atoms with van der Waals surface area (Å²) in [6, 6.07) is 3.43. The summed E-state index contributed by atoms with van der Waals surface area (Å²) in [5.41, 5.74) is -0.605. The Hall–Kier alpha value is -1.49. The third-order valence-corrected chi connectivity index (χ3v) is 2.00. The molecule has 82 valence electrons.